The lowest BCUT2D eigenvalue weighted by molar-refractivity contribution is 0.127. The molecule has 0 bridgehead atoms. The number of benzene rings is 2. The van der Waals surface area contributed by atoms with Gasteiger partial charge in [-0.05, 0) is 62.2 Å². The number of nitrogens with one attached hydrogen (secondary N) is 1. The Morgan fingerprint density at radius 3 is 2.47 bits per heavy atom. The summed E-state index contributed by atoms with van der Waals surface area (Å²) in [4.78, 5) is 17.1. The molecule has 1 heterocycles. The van der Waals surface area contributed by atoms with Gasteiger partial charge in [0.1, 0.15) is 5.75 Å². The highest BCUT2D eigenvalue weighted by molar-refractivity contribution is 5.74. The van der Waals surface area contributed by atoms with Gasteiger partial charge in [-0.15, -0.1) is 0 Å². The van der Waals surface area contributed by atoms with E-state index in [-0.39, 0.29) is 48.4 Å². The Morgan fingerprint density at radius 2 is 1.83 bits per heavy atom. The molecule has 2 amide bonds. The summed E-state index contributed by atoms with van der Waals surface area (Å²) in [7, 11) is 2.03. The maximum Gasteiger partial charge on any atom is 0.318 e. The Balaban J connectivity index is 1.76. The fourth-order valence-electron chi connectivity index (χ4n) is 3.44. The number of carbonyl (C=O) groups excluding carboxylic acids is 1. The minimum Gasteiger partial charge on any atom is -0.493 e. The summed E-state index contributed by atoms with van der Waals surface area (Å²) >= 11 is 0. The first-order valence-electron chi connectivity index (χ1n) is 13.1. The van der Waals surface area contributed by atoms with Gasteiger partial charge in [-0.3, -0.25) is 0 Å². The van der Waals surface area contributed by atoms with Crippen molar-refractivity contribution in [3.8, 4) is 5.75 Å². The minimum atomic E-state index is -0.431. The van der Waals surface area contributed by atoms with Crippen LogP contribution in [0.1, 0.15) is 44.7 Å². The lowest BCUT2D eigenvalue weighted by atomic mass is 10.0. The SMILES string of the molecule is [2H]c1c([2H])c([2H])c(CN(C(=O)NCc2ccc(OCC(C)C)cc2)C2CCN(C)CC2)c([2H])c1[2H]. The van der Waals surface area contributed by atoms with Crippen LogP contribution in [0.3, 0.4) is 0 Å². The Kier molecular flexibility index (Phi) is 5.95. The number of hydrogen-bond donors (Lipinski definition) is 1. The summed E-state index contributed by atoms with van der Waals surface area (Å²) in [6, 6.07) is 5.45. The third kappa shape index (κ3) is 6.77. The topological polar surface area (TPSA) is 44.8 Å². The molecule has 2 aromatic carbocycles. The summed E-state index contributed by atoms with van der Waals surface area (Å²) in [5.41, 5.74) is 1.05. The highest BCUT2D eigenvalue weighted by atomic mass is 16.5. The van der Waals surface area contributed by atoms with Crippen molar-refractivity contribution >= 4 is 6.03 Å². The van der Waals surface area contributed by atoms with E-state index in [0.29, 0.717) is 19.1 Å². The molecule has 0 radical (unpaired) electrons. The number of nitrogens with zero attached hydrogens (tertiary/aromatic N) is 2. The monoisotopic (exact) mass is 414 g/mol. The zero-order valence-corrected chi connectivity index (χ0v) is 18.1. The maximum atomic E-state index is 13.3. The first-order valence-corrected chi connectivity index (χ1v) is 10.6. The number of ether oxygens (including phenoxy) is 1. The minimum absolute atomic E-state index is 0.0437. The second-order valence-corrected chi connectivity index (χ2v) is 8.27. The second kappa shape index (κ2) is 11.0. The Bertz CT molecular complexity index is 996. The number of likely N-dealkylation sites (tertiary alicyclic amines) is 1. The van der Waals surface area contributed by atoms with E-state index in [9.17, 15) is 4.79 Å². The third-order valence-electron chi connectivity index (χ3n) is 5.22. The van der Waals surface area contributed by atoms with Gasteiger partial charge in [-0.25, -0.2) is 4.79 Å². The van der Waals surface area contributed by atoms with Crippen LogP contribution in [0.4, 0.5) is 4.79 Å². The number of urea groups is 1. The van der Waals surface area contributed by atoms with Crippen molar-refractivity contribution in [1.29, 1.82) is 0 Å². The van der Waals surface area contributed by atoms with Crippen molar-refractivity contribution in [2.45, 2.75) is 45.8 Å². The van der Waals surface area contributed by atoms with Crippen LogP contribution in [0.2, 0.25) is 0 Å². The molecular weight excluding hydrogens is 374 g/mol. The number of rotatable bonds is 8. The van der Waals surface area contributed by atoms with Crippen LogP contribution in [0, 0.1) is 5.92 Å². The van der Waals surface area contributed by atoms with Crippen LogP contribution in [0.15, 0.2) is 54.5 Å². The standard InChI is InChI=1S/C25H35N3O2/c1-20(2)19-30-24-11-9-21(10-12-24)17-26-25(29)28(18-22-7-5-4-6-8-22)23-13-15-27(3)16-14-23/h4-12,20,23H,13-19H2,1-3H3,(H,26,29)/i4D,5D,6D,7D,8D. The van der Waals surface area contributed by atoms with Gasteiger partial charge in [-0.1, -0.05) is 56.2 Å². The summed E-state index contributed by atoms with van der Waals surface area (Å²) in [5.74, 6) is 1.21. The molecule has 3 rings (SSSR count). The van der Waals surface area contributed by atoms with Crippen molar-refractivity contribution in [3.05, 3.63) is 65.6 Å². The molecule has 0 aliphatic carbocycles. The van der Waals surface area contributed by atoms with E-state index in [1.165, 1.54) is 0 Å². The zero-order chi connectivity index (χ0) is 25.7. The van der Waals surface area contributed by atoms with Gasteiger partial charge in [0.25, 0.3) is 0 Å². The quantitative estimate of drug-likeness (QED) is 0.690. The molecule has 0 saturated carbocycles. The second-order valence-electron chi connectivity index (χ2n) is 8.27. The smallest absolute Gasteiger partial charge is 0.318 e. The predicted octanol–water partition coefficient (Wildman–Crippen LogP) is 4.53. The molecule has 0 spiro atoms. The van der Waals surface area contributed by atoms with Gasteiger partial charge in [0.15, 0.2) is 0 Å². The first kappa shape index (κ1) is 16.2. The lowest BCUT2D eigenvalue weighted by Crippen LogP contribution is -2.49. The molecule has 1 fully saturated rings. The van der Waals surface area contributed by atoms with E-state index in [2.05, 4.69) is 24.1 Å². The Labute approximate surface area is 188 Å². The summed E-state index contributed by atoms with van der Waals surface area (Å²) in [6.45, 7) is 6.73. The molecular formula is C25H35N3O2. The van der Waals surface area contributed by atoms with Crippen LogP contribution >= 0.6 is 0 Å². The maximum absolute atomic E-state index is 13.3. The summed E-state index contributed by atoms with van der Waals surface area (Å²) < 4.78 is 46.1. The van der Waals surface area contributed by atoms with E-state index in [1.807, 2.05) is 31.3 Å². The van der Waals surface area contributed by atoms with Crippen LogP contribution in [0.5, 0.6) is 5.75 Å². The molecule has 0 unspecified atom stereocenters. The normalized spacial score (nSPS) is 17.5. The number of hydrogen-bond acceptors (Lipinski definition) is 3. The molecule has 0 atom stereocenters. The third-order valence-corrected chi connectivity index (χ3v) is 5.22. The summed E-state index contributed by atoms with van der Waals surface area (Å²) in [6.07, 6.45) is 1.51. The molecule has 1 aliphatic rings. The van der Waals surface area contributed by atoms with E-state index in [0.717, 1.165) is 37.2 Å². The molecule has 1 saturated heterocycles. The average Bonchev–Trinajstić information content (AvgIpc) is 2.85. The molecule has 30 heavy (non-hydrogen) atoms. The molecule has 0 aromatic heterocycles. The van der Waals surface area contributed by atoms with Crippen molar-refractivity contribution in [2.75, 3.05) is 26.7 Å². The van der Waals surface area contributed by atoms with Crippen LogP contribution in [-0.2, 0) is 13.1 Å². The Hall–Kier alpha value is -2.53. The van der Waals surface area contributed by atoms with Crippen molar-refractivity contribution < 1.29 is 16.4 Å². The highest BCUT2D eigenvalue weighted by Gasteiger charge is 2.27. The fraction of sp³-hybridized carbons (Fsp3) is 0.480. The van der Waals surface area contributed by atoms with Gasteiger partial charge in [0.2, 0.25) is 0 Å². The average molecular weight is 415 g/mol. The van der Waals surface area contributed by atoms with E-state index in [1.54, 1.807) is 4.90 Å². The number of carbonyl (C=O) groups is 1. The molecule has 5 heteroatoms. The van der Waals surface area contributed by atoms with E-state index in [4.69, 9.17) is 11.6 Å². The van der Waals surface area contributed by atoms with E-state index < -0.39 is 6.04 Å². The highest BCUT2D eigenvalue weighted by Crippen LogP contribution is 2.19. The zero-order valence-electron chi connectivity index (χ0n) is 23.1. The first-order chi connectivity index (χ1) is 16.6. The van der Waals surface area contributed by atoms with Gasteiger partial charge in [0, 0.05) is 19.1 Å². The van der Waals surface area contributed by atoms with Gasteiger partial charge in [-0.2, -0.15) is 0 Å². The van der Waals surface area contributed by atoms with Crippen LogP contribution in [0.25, 0.3) is 0 Å². The van der Waals surface area contributed by atoms with E-state index >= 15 is 0 Å². The predicted molar refractivity (Wildman–Crippen MR) is 122 cm³/mol. The molecule has 1 aliphatic heterocycles. The Morgan fingerprint density at radius 1 is 1.17 bits per heavy atom. The van der Waals surface area contributed by atoms with Crippen molar-refractivity contribution in [3.63, 3.8) is 0 Å². The van der Waals surface area contributed by atoms with Gasteiger partial charge >= 0.3 is 6.03 Å². The largest absolute Gasteiger partial charge is 0.493 e. The summed E-state index contributed by atoms with van der Waals surface area (Å²) in [5, 5.41) is 2.96. The molecule has 2 aromatic rings. The van der Waals surface area contributed by atoms with Crippen molar-refractivity contribution in [1.82, 2.24) is 15.1 Å². The lowest BCUT2D eigenvalue weighted by Gasteiger charge is -2.37. The molecule has 1 N–H and O–H groups in total. The number of piperidine rings is 1. The van der Waals surface area contributed by atoms with Crippen LogP contribution in [-0.4, -0.2) is 48.6 Å². The number of amides is 2. The van der Waals surface area contributed by atoms with Crippen molar-refractivity contribution in [2.24, 2.45) is 5.92 Å². The fourth-order valence-corrected chi connectivity index (χ4v) is 3.44. The molecule has 5 nitrogen and oxygen atoms in total. The van der Waals surface area contributed by atoms with Crippen LogP contribution < -0.4 is 10.1 Å². The van der Waals surface area contributed by atoms with Gasteiger partial charge < -0.3 is 19.9 Å². The molecule has 162 valence electrons. The van der Waals surface area contributed by atoms with Gasteiger partial charge in [0.05, 0.1) is 13.5 Å².